The number of aromatic nitrogens is 1. The molecule has 0 aliphatic carbocycles. The van der Waals surface area contributed by atoms with Crippen LogP contribution in [0, 0.1) is 0 Å². The summed E-state index contributed by atoms with van der Waals surface area (Å²) in [5.74, 6) is 0.351. The summed E-state index contributed by atoms with van der Waals surface area (Å²) in [5.41, 5.74) is 0.697. The van der Waals surface area contributed by atoms with Crippen molar-refractivity contribution in [3.8, 4) is 5.88 Å². The maximum absolute atomic E-state index is 11.9. The van der Waals surface area contributed by atoms with Crippen LogP contribution in [0.15, 0.2) is 46.0 Å². The lowest BCUT2D eigenvalue weighted by molar-refractivity contribution is 0.102. The third-order valence-electron chi connectivity index (χ3n) is 3.19. The highest BCUT2D eigenvalue weighted by Crippen LogP contribution is 2.23. The molecular formula is C14H14N2O5S. The largest absolute Gasteiger partial charge is 0.612 e. The van der Waals surface area contributed by atoms with Crippen LogP contribution in [-0.2, 0) is 15.9 Å². The third kappa shape index (κ3) is 3.18. The van der Waals surface area contributed by atoms with Crippen LogP contribution in [0.5, 0.6) is 5.88 Å². The van der Waals surface area contributed by atoms with Gasteiger partial charge in [-0.15, -0.1) is 0 Å². The van der Waals surface area contributed by atoms with E-state index in [0.717, 1.165) is 0 Å². The molecule has 2 unspecified atom stereocenters. The van der Waals surface area contributed by atoms with Crippen LogP contribution in [0.1, 0.15) is 0 Å². The number of hydrogen-bond acceptors (Lipinski definition) is 6. The SMILES string of the molecule is C[S+]([O-])c1ccc(N2CC(COc3ccon3)OC2=O)cc1. The molecule has 2 aromatic rings. The summed E-state index contributed by atoms with van der Waals surface area (Å²) in [5, 5.41) is 3.62. The van der Waals surface area contributed by atoms with E-state index in [1.54, 1.807) is 36.6 Å². The molecule has 1 aliphatic heterocycles. The molecule has 1 aromatic heterocycles. The lowest BCUT2D eigenvalue weighted by atomic mass is 10.3. The number of carbonyl (C=O) groups is 1. The Balaban J connectivity index is 1.61. The van der Waals surface area contributed by atoms with Crippen molar-refractivity contribution in [2.75, 3.05) is 24.3 Å². The molecule has 1 aliphatic rings. The Morgan fingerprint density at radius 1 is 1.41 bits per heavy atom. The number of anilines is 1. The van der Waals surface area contributed by atoms with Gasteiger partial charge in [-0.25, -0.2) is 4.79 Å². The third-order valence-corrected chi connectivity index (χ3v) is 4.12. The molecule has 1 fully saturated rings. The molecule has 3 rings (SSSR count). The first-order valence-corrected chi connectivity index (χ1v) is 8.14. The Labute approximate surface area is 130 Å². The highest BCUT2D eigenvalue weighted by molar-refractivity contribution is 7.90. The molecule has 0 N–H and O–H groups in total. The first-order chi connectivity index (χ1) is 10.6. The molecule has 0 spiro atoms. The summed E-state index contributed by atoms with van der Waals surface area (Å²) in [6, 6.07) is 8.55. The highest BCUT2D eigenvalue weighted by atomic mass is 32.2. The summed E-state index contributed by atoms with van der Waals surface area (Å²) in [6.45, 7) is 0.580. The smallest absolute Gasteiger partial charge is 0.414 e. The molecule has 0 radical (unpaired) electrons. The first-order valence-electron chi connectivity index (χ1n) is 6.58. The second kappa shape index (κ2) is 6.29. The summed E-state index contributed by atoms with van der Waals surface area (Å²) in [4.78, 5) is 14.1. The number of carbonyl (C=O) groups excluding carboxylic acids is 1. The van der Waals surface area contributed by atoms with Gasteiger partial charge < -0.3 is 18.5 Å². The van der Waals surface area contributed by atoms with Crippen LogP contribution >= 0.6 is 0 Å². The minimum absolute atomic E-state index is 0.200. The van der Waals surface area contributed by atoms with Crippen molar-refractivity contribution >= 4 is 23.0 Å². The van der Waals surface area contributed by atoms with Gasteiger partial charge in [-0.2, -0.15) is 0 Å². The van der Waals surface area contributed by atoms with Crippen molar-refractivity contribution in [2.45, 2.75) is 11.0 Å². The zero-order valence-corrected chi connectivity index (χ0v) is 12.6. The van der Waals surface area contributed by atoms with Gasteiger partial charge in [-0.3, -0.25) is 4.90 Å². The molecule has 0 bridgehead atoms. The summed E-state index contributed by atoms with van der Waals surface area (Å²) in [7, 11) is 0. The maximum Gasteiger partial charge on any atom is 0.414 e. The second-order valence-corrected chi connectivity index (χ2v) is 6.09. The predicted molar refractivity (Wildman–Crippen MR) is 78.4 cm³/mol. The maximum atomic E-state index is 11.9. The average Bonchev–Trinajstić information content (AvgIpc) is 3.14. The van der Waals surface area contributed by atoms with Gasteiger partial charge in [0.25, 0.3) is 5.88 Å². The molecule has 8 heteroatoms. The number of cyclic esters (lactones) is 1. The van der Waals surface area contributed by atoms with E-state index in [1.807, 2.05) is 0 Å². The molecule has 2 atom stereocenters. The number of hydrogen-bond donors (Lipinski definition) is 0. The zero-order valence-electron chi connectivity index (χ0n) is 11.8. The minimum Gasteiger partial charge on any atom is -0.612 e. The molecule has 0 saturated carbocycles. The van der Waals surface area contributed by atoms with Crippen LogP contribution in [0.25, 0.3) is 0 Å². The monoisotopic (exact) mass is 322 g/mol. The van der Waals surface area contributed by atoms with E-state index in [9.17, 15) is 9.35 Å². The lowest BCUT2D eigenvalue weighted by Gasteiger charge is -2.13. The Morgan fingerprint density at radius 2 is 2.18 bits per heavy atom. The van der Waals surface area contributed by atoms with Crippen LogP contribution < -0.4 is 9.64 Å². The van der Waals surface area contributed by atoms with E-state index in [0.29, 0.717) is 23.0 Å². The fourth-order valence-electron chi connectivity index (χ4n) is 2.09. The molecule has 1 aromatic carbocycles. The predicted octanol–water partition coefficient (Wildman–Crippen LogP) is 1.82. The summed E-state index contributed by atoms with van der Waals surface area (Å²) in [6.07, 6.45) is 2.20. The van der Waals surface area contributed by atoms with E-state index in [1.165, 1.54) is 11.2 Å². The highest BCUT2D eigenvalue weighted by Gasteiger charge is 2.33. The number of ether oxygens (including phenoxy) is 2. The van der Waals surface area contributed by atoms with Gasteiger partial charge in [-0.1, -0.05) is 0 Å². The number of nitrogens with zero attached hydrogens (tertiary/aromatic N) is 2. The van der Waals surface area contributed by atoms with Crippen LogP contribution in [0.4, 0.5) is 10.5 Å². The molecule has 2 heterocycles. The quantitative estimate of drug-likeness (QED) is 0.780. The number of amides is 1. The van der Waals surface area contributed by atoms with Crippen molar-refractivity contribution in [1.82, 2.24) is 5.16 Å². The van der Waals surface area contributed by atoms with Gasteiger partial charge in [0.2, 0.25) is 0 Å². The van der Waals surface area contributed by atoms with E-state index < -0.39 is 17.3 Å². The number of benzene rings is 1. The molecule has 22 heavy (non-hydrogen) atoms. The Morgan fingerprint density at radius 3 is 2.82 bits per heavy atom. The molecule has 1 amide bonds. The minimum atomic E-state index is -1.05. The fraction of sp³-hybridized carbons (Fsp3) is 0.286. The van der Waals surface area contributed by atoms with E-state index >= 15 is 0 Å². The standard InChI is InChI=1S/C14H14N2O5S/c1-22(18)12-4-2-10(3-5-12)16-8-11(21-14(16)17)9-19-13-6-7-20-15-13/h2-7,11H,8-9H2,1H3. The van der Waals surface area contributed by atoms with Gasteiger partial charge in [0.05, 0.1) is 6.54 Å². The number of rotatable bonds is 5. The summed E-state index contributed by atoms with van der Waals surface area (Å²) >= 11 is -1.05. The van der Waals surface area contributed by atoms with Crippen molar-refractivity contribution < 1.29 is 23.3 Å². The Kier molecular flexibility index (Phi) is 4.21. The lowest BCUT2D eigenvalue weighted by Crippen LogP contribution is -2.26. The molecular weight excluding hydrogens is 308 g/mol. The molecule has 116 valence electrons. The van der Waals surface area contributed by atoms with E-state index in [2.05, 4.69) is 9.68 Å². The molecule has 1 saturated heterocycles. The van der Waals surface area contributed by atoms with Crippen molar-refractivity contribution in [3.05, 3.63) is 36.6 Å². The normalized spacial score (nSPS) is 19.1. The summed E-state index contributed by atoms with van der Waals surface area (Å²) < 4.78 is 26.6. The van der Waals surface area contributed by atoms with Gasteiger partial charge in [0.15, 0.2) is 11.0 Å². The van der Waals surface area contributed by atoms with Crippen LogP contribution in [0.2, 0.25) is 0 Å². The van der Waals surface area contributed by atoms with Gasteiger partial charge in [0.1, 0.15) is 19.1 Å². The Bertz CT molecular complexity index is 629. The second-order valence-electron chi connectivity index (χ2n) is 4.71. The van der Waals surface area contributed by atoms with Crippen molar-refractivity contribution in [3.63, 3.8) is 0 Å². The Hall–Kier alpha value is -2.19. The van der Waals surface area contributed by atoms with Crippen LogP contribution in [0.3, 0.4) is 0 Å². The van der Waals surface area contributed by atoms with Crippen molar-refractivity contribution in [1.29, 1.82) is 0 Å². The van der Waals surface area contributed by atoms with Gasteiger partial charge in [-0.05, 0) is 40.6 Å². The topological polar surface area (TPSA) is 87.9 Å². The zero-order chi connectivity index (χ0) is 15.5. The average molecular weight is 322 g/mol. The molecule has 7 nitrogen and oxygen atoms in total. The van der Waals surface area contributed by atoms with E-state index in [-0.39, 0.29) is 12.7 Å². The van der Waals surface area contributed by atoms with E-state index in [4.69, 9.17) is 9.47 Å². The van der Waals surface area contributed by atoms with Gasteiger partial charge >= 0.3 is 6.09 Å². The fourth-order valence-corrected chi connectivity index (χ4v) is 2.61. The first kappa shape index (κ1) is 14.7. The van der Waals surface area contributed by atoms with Crippen molar-refractivity contribution in [2.24, 2.45) is 0 Å². The van der Waals surface area contributed by atoms with Crippen LogP contribution in [-0.4, -0.2) is 41.3 Å². The van der Waals surface area contributed by atoms with Gasteiger partial charge in [0, 0.05) is 11.8 Å².